The van der Waals surface area contributed by atoms with Crippen LogP contribution >= 0.6 is 0 Å². The van der Waals surface area contributed by atoms with Gasteiger partial charge >= 0.3 is 0 Å². The molecule has 4 aromatic rings. The molecule has 4 rings (SSSR count). The van der Waals surface area contributed by atoms with Gasteiger partial charge in [-0.1, -0.05) is 51.1 Å². The Morgan fingerprint density at radius 1 is 0.842 bits per heavy atom. The van der Waals surface area contributed by atoms with Gasteiger partial charge in [0.2, 0.25) is 0 Å². The van der Waals surface area contributed by atoms with Crippen LogP contribution in [0.25, 0.3) is 0 Å². The first-order chi connectivity index (χ1) is 17.7. The van der Waals surface area contributed by atoms with Crippen molar-refractivity contribution in [2.45, 2.75) is 56.4 Å². The number of rotatable bonds is 8. The highest BCUT2D eigenvalue weighted by atomic mass is 32.2. The van der Waals surface area contributed by atoms with Gasteiger partial charge in [-0.3, -0.25) is 14.1 Å². The molecule has 0 aliphatic carbocycles. The van der Waals surface area contributed by atoms with Crippen molar-refractivity contribution in [3.05, 3.63) is 89.6 Å². The van der Waals surface area contributed by atoms with Gasteiger partial charge in [-0.25, -0.2) is 26.8 Å². The second-order valence-electron chi connectivity index (χ2n) is 9.95. The topological polar surface area (TPSA) is 136 Å². The number of hydrogen-bond acceptors (Lipinski definition) is 7. The van der Waals surface area contributed by atoms with Crippen molar-refractivity contribution in [1.82, 2.24) is 19.7 Å². The summed E-state index contributed by atoms with van der Waals surface area (Å²) in [5.74, 6) is 0.594. The molecule has 2 heterocycles. The molecule has 0 bridgehead atoms. The number of nitrogens with zero attached hydrogens (tertiary/aromatic N) is 4. The SMILES string of the molecule is Cc1cc(NS(=O)(=O)c2ccc(NS(=O)(=O)c3cn(Cc4ccccc4)nc3C(C)(C)C)cc2)nc(C)n1. The van der Waals surface area contributed by atoms with Crippen LogP contribution in [0.5, 0.6) is 0 Å². The largest absolute Gasteiger partial charge is 0.280 e. The molecule has 0 spiro atoms. The van der Waals surface area contributed by atoms with E-state index in [1.807, 2.05) is 51.1 Å². The quantitative estimate of drug-likeness (QED) is 0.332. The summed E-state index contributed by atoms with van der Waals surface area (Å²) >= 11 is 0. The van der Waals surface area contributed by atoms with E-state index in [2.05, 4.69) is 24.5 Å². The molecule has 0 radical (unpaired) electrons. The summed E-state index contributed by atoms with van der Waals surface area (Å²) in [6, 6.07) is 16.6. The fourth-order valence-electron chi connectivity index (χ4n) is 3.85. The molecular weight excluding hydrogens is 524 g/mol. The van der Waals surface area contributed by atoms with Gasteiger partial charge in [-0.05, 0) is 43.7 Å². The van der Waals surface area contributed by atoms with Crippen molar-refractivity contribution in [3.63, 3.8) is 0 Å². The third kappa shape index (κ3) is 6.37. The third-order valence-corrected chi connectivity index (χ3v) is 8.29. The van der Waals surface area contributed by atoms with E-state index in [9.17, 15) is 16.8 Å². The molecule has 0 aliphatic heterocycles. The highest BCUT2D eigenvalue weighted by Gasteiger charge is 2.30. The minimum atomic E-state index is -4.02. The Morgan fingerprint density at radius 2 is 1.50 bits per heavy atom. The maximum Gasteiger partial charge on any atom is 0.265 e. The molecule has 0 aliphatic rings. The van der Waals surface area contributed by atoms with Gasteiger partial charge in [0.1, 0.15) is 16.5 Å². The van der Waals surface area contributed by atoms with Gasteiger partial charge in [0.25, 0.3) is 20.0 Å². The maximum absolute atomic E-state index is 13.4. The Hall–Kier alpha value is -3.77. The average Bonchev–Trinajstić information content (AvgIpc) is 3.24. The van der Waals surface area contributed by atoms with Crippen molar-refractivity contribution in [2.24, 2.45) is 0 Å². The van der Waals surface area contributed by atoms with E-state index in [1.54, 1.807) is 18.5 Å². The second kappa shape index (κ2) is 10.2. The van der Waals surface area contributed by atoms with E-state index in [0.717, 1.165) is 5.56 Å². The normalized spacial score (nSPS) is 12.3. The fourth-order valence-corrected chi connectivity index (χ4v) is 6.26. The van der Waals surface area contributed by atoms with E-state index < -0.39 is 25.5 Å². The predicted molar refractivity (Wildman–Crippen MR) is 146 cm³/mol. The smallest absolute Gasteiger partial charge is 0.265 e. The zero-order valence-electron chi connectivity index (χ0n) is 21.8. The Balaban J connectivity index is 1.57. The fraction of sp³-hybridized carbons (Fsp3) is 0.269. The van der Waals surface area contributed by atoms with Crippen molar-refractivity contribution in [2.75, 3.05) is 9.44 Å². The Kier molecular flexibility index (Phi) is 7.31. The lowest BCUT2D eigenvalue weighted by molar-refractivity contribution is 0.533. The van der Waals surface area contributed by atoms with Gasteiger partial charge < -0.3 is 0 Å². The van der Waals surface area contributed by atoms with Crippen LogP contribution in [0.1, 0.15) is 43.5 Å². The molecule has 2 aromatic carbocycles. The summed E-state index contributed by atoms with van der Waals surface area (Å²) in [6.45, 7) is 9.52. The van der Waals surface area contributed by atoms with Crippen LogP contribution in [0.15, 0.2) is 76.7 Å². The molecule has 12 heteroatoms. The molecule has 0 saturated carbocycles. The summed E-state index contributed by atoms with van der Waals surface area (Å²) in [5, 5.41) is 4.58. The highest BCUT2D eigenvalue weighted by Crippen LogP contribution is 2.29. The van der Waals surface area contributed by atoms with E-state index in [-0.39, 0.29) is 21.3 Å². The summed E-state index contributed by atoms with van der Waals surface area (Å²) in [4.78, 5) is 8.26. The Morgan fingerprint density at radius 3 is 2.11 bits per heavy atom. The van der Waals surface area contributed by atoms with E-state index in [1.165, 1.54) is 36.5 Å². The number of sulfonamides is 2. The van der Waals surface area contributed by atoms with Crippen molar-refractivity contribution < 1.29 is 16.8 Å². The monoisotopic (exact) mass is 554 g/mol. The lowest BCUT2D eigenvalue weighted by Gasteiger charge is -2.18. The Bertz CT molecular complexity index is 1640. The summed E-state index contributed by atoms with van der Waals surface area (Å²) in [7, 11) is -7.96. The lowest BCUT2D eigenvalue weighted by atomic mass is 9.92. The molecule has 10 nitrogen and oxygen atoms in total. The third-order valence-electron chi connectivity index (χ3n) is 5.54. The summed E-state index contributed by atoms with van der Waals surface area (Å²) in [6.07, 6.45) is 1.52. The molecule has 0 amide bonds. The number of hydrogen-bond donors (Lipinski definition) is 2. The zero-order chi connectivity index (χ0) is 27.7. The molecule has 0 unspecified atom stereocenters. The minimum Gasteiger partial charge on any atom is -0.280 e. The minimum absolute atomic E-state index is 0.0413. The standard InChI is InChI=1S/C26H30N6O4S2/c1-18-15-24(28-19(2)27-18)31-37(33,34)22-13-11-21(12-14-22)30-38(35,36)23-17-32(29-25(23)26(3,4)5)16-20-9-7-6-8-10-20/h6-15,17,30H,16H2,1-5H3,(H,27,28,31). The zero-order valence-corrected chi connectivity index (χ0v) is 23.4. The van der Waals surface area contributed by atoms with Crippen LogP contribution in [0, 0.1) is 13.8 Å². The number of aryl methyl sites for hydroxylation is 2. The van der Waals surface area contributed by atoms with Crippen LogP contribution in [0.4, 0.5) is 11.5 Å². The number of aromatic nitrogens is 4. The molecule has 0 atom stereocenters. The molecule has 0 fully saturated rings. The van der Waals surface area contributed by atoms with Crippen molar-refractivity contribution >= 4 is 31.6 Å². The number of benzene rings is 2. The van der Waals surface area contributed by atoms with Crippen LogP contribution in [0.2, 0.25) is 0 Å². The van der Waals surface area contributed by atoms with Crippen LogP contribution < -0.4 is 9.44 Å². The number of anilines is 2. The molecular formula is C26H30N6O4S2. The maximum atomic E-state index is 13.4. The molecule has 200 valence electrons. The molecule has 2 aromatic heterocycles. The molecule has 0 saturated heterocycles. The molecule has 38 heavy (non-hydrogen) atoms. The van der Waals surface area contributed by atoms with Gasteiger partial charge in [-0.2, -0.15) is 5.10 Å². The lowest BCUT2D eigenvalue weighted by Crippen LogP contribution is -2.20. The first kappa shape index (κ1) is 27.3. The average molecular weight is 555 g/mol. The summed E-state index contributed by atoms with van der Waals surface area (Å²) in [5.41, 5.74) is 1.73. The first-order valence-electron chi connectivity index (χ1n) is 11.8. The van der Waals surface area contributed by atoms with Crippen molar-refractivity contribution in [1.29, 1.82) is 0 Å². The first-order valence-corrected chi connectivity index (χ1v) is 14.8. The van der Waals surface area contributed by atoms with E-state index >= 15 is 0 Å². The van der Waals surface area contributed by atoms with Gasteiger partial charge in [0.05, 0.1) is 17.1 Å². The summed E-state index contributed by atoms with van der Waals surface area (Å²) < 4.78 is 59.1. The van der Waals surface area contributed by atoms with Crippen LogP contribution in [0.3, 0.4) is 0 Å². The van der Waals surface area contributed by atoms with Crippen molar-refractivity contribution in [3.8, 4) is 0 Å². The van der Waals surface area contributed by atoms with Gasteiger partial charge in [0, 0.05) is 29.1 Å². The van der Waals surface area contributed by atoms with Gasteiger partial charge in [0.15, 0.2) is 0 Å². The van der Waals surface area contributed by atoms with E-state index in [4.69, 9.17) is 0 Å². The van der Waals surface area contributed by atoms with Crippen LogP contribution in [-0.4, -0.2) is 36.6 Å². The number of nitrogens with one attached hydrogen (secondary N) is 2. The van der Waals surface area contributed by atoms with Gasteiger partial charge in [-0.15, -0.1) is 0 Å². The predicted octanol–water partition coefficient (Wildman–Crippen LogP) is 4.24. The molecule has 2 N–H and O–H groups in total. The van der Waals surface area contributed by atoms with Crippen LogP contribution in [-0.2, 0) is 32.0 Å². The highest BCUT2D eigenvalue weighted by molar-refractivity contribution is 7.93. The second-order valence-corrected chi connectivity index (χ2v) is 13.3. The van der Waals surface area contributed by atoms with E-state index in [0.29, 0.717) is 23.8 Å². The Labute approximate surface area is 223 Å².